The minimum absolute atomic E-state index is 0.114. The van der Waals surface area contributed by atoms with Gasteiger partial charge in [0.15, 0.2) is 0 Å². The van der Waals surface area contributed by atoms with Crippen LogP contribution in [0.4, 0.5) is 17.1 Å². The maximum atomic E-state index is 9.99. The molecule has 0 aliphatic carbocycles. The van der Waals surface area contributed by atoms with Crippen LogP contribution in [0.1, 0.15) is 11.0 Å². The minimum atomic E-state index is -0.458. The molecule has 0 aromatic heterocycles. The summed E-state index contributed by atoms with van der Waals surface area (Å²) in [5.41, 5.74) is 6.57. The second kappa shape index (κ2) is 14.3. The van der Waals surface area contributed by atoms with Crippen molar-refractivity contribution >= 4 is 27.8 Å². The van der Waals surface area contributed by atoms with Gasteiger partial charge in [0, 0.05) is 16.9 Å². The molecular weight excluding hydrogens is 639 g/mol. The highest BCUT2D eigenvalue weighted by Crippen LogP contribution is 2.46. The Bertz CT molecular complexity index is 3100. The van der Waals surface area contributed by atoms with Gasteiger partial charge in [0.05, 0.1) is 16.7 Å². The van der Waals surface area contributed by atoms with Crippen molar-refractivity contribution in [1.29, 1.82) is 0 Å². The molecule has 9 rings (SSSR count). The zero-order valence-corrected chi connectivity index (χ0v) is 28.7. The van der Waals surface area contributed by atoms with E-state index in [1.165, 1.54) is 4.90 Å². The van der Waals surface area contributed by atoms with Gasteiger partial charge in [0.2, 0.25) is 0 Å². The molecular formula is C52H37N. The van der Waals surface area contributed by atoms with Gasteiger partial charge in [-0.1, -0.05) is 194 Å². The van der Waals surface area contributed by atoms with E-state index in [1.54, 1.807) is 42.5 Å². The summed E-state index contributed by atoms with van der Waals surface area (Å²) >= 11 is 0. The standard InChI is InChI=1S/C52H37N/c1-3-17-38(18-4-1)39-33-35-43(36-34-39)53(44-24-15-23-42(37-44)47-31-16-22-41-21-7-8-25-45(41)47)52-32-14-13-30-51(52)50-29-12-11-28-49(50)48-27-10-9-26-46(48)40-19-5-2-6-20-40/h1-37H/i15D,23D,24D,33D,34D,35D,36D,37D. The lowest BCUT2D eigenvalue weighted by Crippen LogP contribution is -2.11. The first-order valence-electron chi connectivity index (χ1n) is 21.5. The summed E-state index contributed by atoms with van der Waals surface area (Å²) in [5.74, 6) is 0. The molecule has 1 heteroatoms. The number of rotatable bonds is 8. The molecule has 0 bridgehead atoms. The van der Waals surface area contributed by atoms with Crippen LogP contribution in [0.25, 0.3) is 66.4 Å². The molecule has 0 saturated carbocycles. The fraction of sp³-hybridized carbons (Fsp3) is 0. The third-order valence-electron chi connectivity index (χ3n) is 9.46. The highest BCUT2D eigenvalue weighted by Gasteiger charge is 2.21. The Morgan fingerprint density at radius 3 is 1.58 bits per heavy atom. The molecule has 0 atom stereocenters. The molecule has 0 amide bonds. The van der Waals surface area contributed by atoms with Gasteiger partial charge < -0.3 is 4.90 Å². The molecule has 250 valence electrons. The molecule has 0 fully saturated rings. The summed E-state index contributed by atoms with van der Waals surface area (Å²) in [6.07, 6.45) is 0. The summed E-state index contributed by atoms with van der Waals surface area (Å²) in [4.78, 5) is 1.45. The molecule has 0 saturated heterocycles. The second-order valence-electron chi connectivity index (χ2n) is 12.6. The van der Waals surface area contributed by atoms with E-state index in [0.29, 0.717) is 22.4 Å². The maximum absolute atomic E-state index is 9.99. The second-order valence-corrected chi connectivity index (χ2v) is 12.6. The van der Waals surface area contributed by atoms with E-state index >= 15 is 0 Å². The molecule has 0 aliphatic heterocycles. The number of benzene rings is 9. The highest BCUT2D eigenvalue weighted by molar-refractivity contribution is 5.99. The molecule has 9 aromatic rings. The van der Waals surface area contributed by atoms with Gasteiger partial charge in [-0.3, -0.25) is 0 Å². The van der Waals surface area contributed by atoms with Crippen molar-refractivity contribution in [2.45, 2.75) is 0 Å². The predicted octanol–water partition coefficient (Wildman–Crippen LogP) is 14.6. The van der Waals surface area contributed by atoms with Crippen LogP contribution in [-0.2, 0) is 0 Å². The largest absolute Gasteiger partial charge is 0.310 e. The SMILES string of the molecule is [2H]c1c([2H])c(-c2cccc3ccccc23)c([2H])c(N(c2ccccc2-c2ccccc2-c2ccccc2-c2ccccc2)c2c([2H])c([2H])c(-c3ccccc3)c([2H])c2[2H])c1[2H]. The van der Waals surface area contributed by atoms with E-state index < -0.39 is 12.1 Å². The monoisotopic (exact) mass is 683 g/mol. The first-order chi connectivity index (χ1) is 29.7. The van der Waals surface area contributed by atoms with Gasteiger partial charge in [0.1, 0.15) is 0 Å². The lowest BCUT2D eigenvalue weighted by Gasteiger charge is -2.29. The van der Waals surface area contributed by atoms with E-state index in [4.69, 9.17) is 0 Å². The fourth-order valence-corrected chi connectivity index (χ4v) is 6.98. The lowest BCUT2D eigenvalue weighted by molar-refractivity contribution is 1.28. The molecule has 0 spiro atoms. The number of anilines is 3. The zero-order valence-electron chi connectivity index (χ0n) is 36.7. The third-order valence-corrected chi connectivity index (χ3v) is 9.46. The molecule has 0 heterocycles. The summed E-state index contributed by atoms with van der Waals surface area (Å²) in [6.45, 7) is 0. The predicted molar refractivity (Wildman–Crippen MR) is 226 cm³/mol. The van der Waals surface area contributed by atoms with E-state index in [0.717, 1.165) is 38.6 Å². The summed E-state index contributed by atoms with van der Waals surface area (Å²) in [5, 5.41) is 1.62. The van der Waals surface area contributed by atoms with Crippen molar-refractivity contribution in [2.75, 3.05) is 4.90 Å². The van der Waals surface area contributed by atoms with Crippen LogP contribution in [-0.4, -0.2) is 0 Å². The highest BCUT2D eigenvalue weighted by atomic mass is 15.1. The van der Waals surface area contributed by atoms with E-state index in [1.807, 2.05) is 109 Å². The Labute approximate surface area is 323 Å². The van der Waals surface area contributed by atoms with Crippen molar-refractivity contribution in [3.8, 4) is 55.6 Å². The van der Waals surface area contributed by atoms with Gasteiger partial charge >= 0.3 is 0 Å². The van der Waals surface area contributed by atoms with Crippen LogP contribution in [0.5, 0.6) is 0 Å². The number of hydrogen-bond donors (Lipinski definition) is 0. The van der Waals surface area contributed by atoms with Crippen molar-refractivity contribution in [2.24, 2.45) is 0 Å². The average molecular weight is 684 g/mol. The molecule has 53 heavy (non-hydrogen) atoms. The van der Waals surface area contributed by atoms with Gasteiger partial charge in [-0.15, -0.1) is 0 Å². The first kappa shape index (κ1) is 24.3. The number of fused-ring (bicyclic) bond motifs is 1. The van der Waals surface area contributed by atoms with Gasteiger partial charge in [-0.25, -0.2) is 0 Å². The quantitative estimate of drug-likeness (QED) is 0.154. The van der Waals surface area contributed by atoms with Gasteiger partial charge in [0.25, 0.3) is 0 Å². The van der Waals surface area contributed by atoms with E-state index in [2.05, 4.69) is 24.3 Å². The number of para-hydroxylation sites is 1. The number of hydrogen-bond acceptors (Lipinski definition) is 1. The fourth-order valence-electron chi connectivity index (χ4n) is 6.98. The average Bonchev–Trinajstić information content (AvgIpc) is 3.30. The molecule has 0 aliphatic rings. The van der Waals surface area contributed by atoms with Crippen molar-refractivity contribution in [1.82, 2.24) is 0 Å². The van der Waals surface area contributed by atoms with Crippen molar-refractivity contribution < 1.29 is 11.0 Å². The Balaban J connectivity index is 1.38. The normalized spacial score (nSPS) is 13.1. The first-order valence-corrected chi connectivity index (χ1v) is 17.5. The molecule has 1 nitrogen and oxygen atoms in total. The molecule has 0 N–H and O–H groups in total. The number of nitrogens with zero attached hydrogens (tertiary/aromatic N) is 1. The van der Waals surface area contributed by atoms with Crippen molar-refractivity contribution in [3.63, 3.8) is 0 Å². The lowest BCUT2D eigenvalue weighted by atomic mass is 9.88. The Morgan fingerprint density at radius 2 is 0.849 bits per heavy atom. The third kappa shape index (κ3) is 6.30. The van der Waals surface area contributed by atoms with E-state index in [-0.39, 0.29) is 58.8 Å². The smallest absolute Gasteiger partial charge is 0.0651 e. The van der Waals surface area contributed by atoms with Crippen LogP contribution in [0.2, 0.25) is 0 Å². The zero-order chi connectivity index (χ0) is 42.4. The van der Waals surface area contributed by atoms with Gasteiger partial charge in [-0.05, 0) is 91.1 Å². The van der Waals surface area contributed by atoms with E-state index in [9.17, 15) is 11.0 Å². The van der Waals surface area contributed by atoms with Crippen molar-refractivity contribution in [3.05, 3.63) is 224 Å². The minimum Gasteiger partial charge on any atom is -0.310 e. The Hall–Kier alpha value is -6.96. The van der Waals surface area contributed by atoms with Crippen LogP contribution in [0, 0.1) is 0 Å². The van der Waals surface area contributed by atoms with Crippen LogP contribution < -0.4 is 4.90 Å². The topological polar surface area (TPSA) is 3.24 Å². The molecule has 9 aromatic carbocycles. The Kier molecular flexibility index (Phi) is 6.57. The summed E-state index contributed by atoms with van der Waals surface area (Å²) < 4.78 is 76.1. The van der Waals surface area contributed by atoms with Crippen LogP contribution >= 0.6 is 0 Å². The summed E-state index contributed by atoms with van der Waals surface area (Å²) in [7, 11) is 0. The van der Waals surface area contributed by atoms with Crippen LogP contribution in [0.3, 0.4) is 0 Å². The summed E-state index contributed by atoms with van der Waals surface area (Å²) in [6, 6.07) is 52.6. The molecule has 0 radical (unpaired) electrons. The maximum Gasteiger partial charge on any atom is 0.0651 e. The van der Waals surface area contributed by atoms with Crippen LogP contribution in [0.15, 0.2) is 224 Å². The molecule has 0 unspecified atom stereocenters. The van der Waals surface area contributed by atoms with Gasteiger partial charge in [-0.2, -0.15) is 0 Å². The Morgan fingerprint density at radius 1 is 0.321 bits per heavy atom.